The topological polar surface area (TPSA) is 46.3 Å². The van der Waals surface area contributed by atoms with Gasteiger partial charge >= 0.3 is 0 Å². The van der Waals surface area contributed by atoms with E-state index in [4.69, 9.17) is 4.52 Å². The number of hydrogen-bond donors (Lipinski definition) is 0. The molecule has 2 aromatic rings. The molecule has 1 amide bonds. The van der Waals surface area contributed by atoms with Crippen molar-refractivity contribution in [1.82, 2.24) is 10.1 Å². The Hall–Kier alpha value is -2.10. The summed E-state index contributed by atoms with van der Waals surface area (Å²) in [6.45, 7) is 3.65. The molecular formula is C18H20N2O2. The maximum Gasteiger partial charge on any atom is 0.276 e. The summed E-state index contributed by atoms with van der Waals surface area (Å²) >= 11 is 0. The Morgan fingerprint density at radius 3 is 2.95 bits per heavy atom. The lowest BCUT2D eigenvalue weighted by molar-refractivity contribution is 0.0723. The van der Waals surface area contributed by atoms with E-state index >= 15 is 0 Å². The Balaban J connectivity index is 1.60. The molecule has 4 nitrogen and oxygen atoms in total. The van der Waals surface area contributed by atoms with Gasteiger partial charge in [0.2, 0.25) is 0 Å². The Bertz CT molecular complexity index is 720. The van der Waals surface area contributed by atoms with Crippen LogP contribution in [0, 0.1) is 5.92 Å². The highest BCUT2D eigenvalue weighted by Gasteiger charge is 2.30. The molecule has 0 radical (unpaired) electrons. The zero-order valence-electron chi connectivity index (χ0n) is 12.8. The van der Waals surface area contributed by atoms with Crippen molar-refractivity contribution in [3.05, 3.63) is 52.4 Å². The van der Waals surface area contributed by atoms with Crippen molar-refractivity contribution in [2.75, 3.05) is 6.54 Å². The first-order chi connectivity index (χ1) is 10.7. The zero-order valence-corrected chi connectivity index (χ0v) is 12.8. The lowest BCUT2D eigenvalue weighted by Crippen LogP contribution is -2.36. The van der Waals surface area contributed by atoms with E-state index in [0.717, 1.165) is 43.6 Å². The maximum atomic E-state index is 12.9. The van der Waals surface area contributed by atoms with Crippen LogP contribution in [0.25, 0.3) is 0 Å². The van der Waals surface area contributed by atoms with E-state index < -0.39 is 0 Å². The summed E-state index contributed by atoms with van der Waals surface area (Å²) in [6, 6.07) is 8.35. The summed E-state index contributed by atoms with van der Waals surface area (Å²) in [6.07, 6.45) is 3.84. The fourth-order valence-electron chi connectivity index (χ4n) is 3.57. The Kier molecular flexibility index (Phi) is 3.25. The van der Waals surface area contributed by atoms with Gasteiger partial charge in [-0.1, -0.05) is 36.3 Å². The maximum absolute atomic E-state index is 12.9. The number of fused-ring (bicyclic) bond motifs is 2. The monoisotopic (exact) mass is 296 g/mol. The van der Waals surface area contributed by atoms with Crippen molar-refractivity contribution in [3.63, 3.8) is 0 Å². The fraction of sp³-hybridized carbons (Fsp3) is 0.444. The van der Waals surface area contributed by atoms with Crippen LogP contribution in [0.3, 0.4) is 0 Å². The van der Waals surface area contributed by atoms with Crippen LogP contribution in [-0.2, 0) is 25.8 Å². The molecule has 1 aromatic carbocycles. The number of aromatic nitrogens is 1. The normalized spacial score (nSPS) is 20.4. The Morgan fingerprint density at radius 1 is 1.27 bits per heavy atom. The van der Waals surface area contributed by atoms with Crippen LogP contribution in [0.5, 0.6) is 0 Å². The van der Waals surface area contributed by atoms with Crippen molar-refractivity contribution in [2.45, 2.75) is 39.2 Å². The third kappa shape index (κ3) is 2.23. The molecule has 0 fully saturated rings. The molecule has 0 spiro atoms. The molecule has 1 atom stereocenters. The molecule has 114 valence electrons. The highest BCUT2D eigenvalue weighted by molar-refractivity contribution is 5.94. The van der Waals surface area contributed by atoms with Gasteiger partial charge in [0.05, 0.1) is 0 Å². The molecule has 0 bridgehead atoms. The molecule has 0 N–H and O–H groups in total. The van der Waals surface area contributed by atoms with Crippen molar-refractivity contribution in [3.8, 4) is 0 Å². The standard InChI is InChI=1S/C18H20N2O2/c1-12-6-7-16-15(10-12)17(19-22-16)18(21)20-9-8-13-4-2-3-5-14(13)11-20/h2-5,12H,6-11H2,1H3/t12-/m0/s1. The van der Waals surface area contributed by atoms with Crippen LogP contribution in [-0.4, -0.2) is 22.5 Å². The average Bonchev–Trinajstić information content (AvgIpc) is 2.96. The van der Waals surface area contributed by atoms with Gasteiger partial charge in [0.15, 0.2) is 5.69 Å². The molecule has 4 rings (SSSR count). The van der Waals surface area contributed by atoms with Crippen LogP contribution >= 0.6 is 0 Å². The van der Waals surface area contributed by atoms with Crippen LogP contribution in [0.2, 0.25) is 0 Å². The van der Waals surface area contributed by atoms with Crippen LogP contribution in [0.4, 0.5) is 0 Å². The third-order valence-electron chi connectivity index (χ3n) is 4.91. The second kappa shape index (κ2) is 5.27. The van der Waals surface area contributed by atoms with Crippen molar-refractivity contribution in [2.24, 2.45) is 5.92 Å². The van der Waals surface area contributed by atoms with E-state index in [0.29, 0.717) is 18.2 Å². The first kappa shape index (κ1) is 13.6. The molecule has 22 heavy (non-hydrogen) atoms. The lowest BCUT2D eigenvalue weighted by atomic mass is 9.88. The second-order valence-corrected chi connectivity index (χ2v) is 6.53. The highest BCUT2D eigenvalue weighted by Crippen LogP contribution is 2.29. The molecule has 1 aromatic heterocycles. The summed E-state index contributed by atoms with van der Waals surface area (Å²) in [4.78, 5) is 14.8. The Labute approximate surface area is 130 Å². The SMILES string of the molecule is C[C@H]1CCc2onc(C(=O)N3CCc4ccccc4C3)c2C1. The minimum absolute atomic E-state index is 0.0219. The first-order valence-electron chi connectivity index (χ1n) is 8.06. The van der Waals surface area contributed by atoms with Gasteiger partial charge in [-0.15, -0.1) is 0 Å². The molecule has 0 saturated heterocycles. The number of benzene rings is 1. The molecule has 1 aliphatic heterocycles. The van der Waals surface area contributed by atoms with Crippen LogP contribution in [0.15, 0.2) is 28.8 Å². The fourth-order valence-corrected chi connectivity index (χ4v) is 3.57. The number of nitrogens with zero attached hydrogens (tertiary/aromatic N) is 2. The van der Waals surface area contributed by atoms with Gasteiger partial charge in [-0.05, 0) is 36.3 Å². The molecule has 1 aliphatic carbocycles. The molecule has 0 unspecified atom stereocenters. The van der Waals surface area contributed by atoms with Gasteiger partial charge in [-0.25, -0.2) is 0 Å². The average molecular weight is 296 g/mol. The summed E-state index contributed by atoms with van der Waals surface area (Å²) < 4.78 is 5.42. The zero-order chi connectivity index (χ0) is 15.1. The molecule has 4 heteroatoms. The predicted molar refractivity (Wildman–Crippen MR) is 82.6 cm³/mol. The summed E-state index contributed by atoms with van der Waals surface area (Å²) in [5.74, 6) is 1.54. The molecule has 2 aliphatic rings. The third-order valence-corrected chi connectivity index (χ3v) is 4.91. The number of carbonyl (C=O) groups excluding carboxylic acids is 1. The molecular weight excluding hydrogens is 276 g/mol. The van der Waals surface area contributed by atoms with E-state index in [9.17, 15) is 4.79 Å². The van der Waals surface area contributed by atoms with Gasteiger partial charge in [0.25, 0.3) is 5.91 Å². The number of carbonyl (C=O) groups is 1. The second-order valence-electron chi connectivity index (χ2n) is 6.53. The van der Waals surface area contributed by atoms with E-state index in [1.54, 1.807) is 0 Å². The number of hydrogen-bond acceptors (Lipinski definition) is 3. The van der Waals surface area contributed by atoms with Gasteiger partial charge < -0.3 is 9.42 Å². The predicted octanol–water partition coefficient (Wildman–Crippen LogP) is 3.00. The van der Waals surface area contributed by atoms with E-state index in [-0.39, 0.29) is 5.91 Å². The number of amides is 1. The number of rotatable bonds is 1. The van der Waals surface area contributed by atoms with E-state index in [2.05, 4.69) is 30.3 Å². The summed E-state index contributed by atoms with van der Waals surface area (Å²) in [5, 5.41) is 4.10. The van der Waals surface area contributed by atoms with E-state index in [1.165, 1.54) is 11.1 Å². The molecule has 2 heterocycles. The Morgan fingerprint density at radius 2 is 2.09 bits per heavy atom. The van der Waals surface area contributed by atoms with Gasteiger partial charge in [-0.3, -0.25) is 4.79 Å². The largest absolute Gasteiger partial charge is 0.360 e. The molecule has 0 saturated carbocycles. The quantitative estimate of drug-likeness (QED) is 0.812. The van der Waals surface area contributed by atoms with E-state index in [1.807, 2.05) is 11.0 Å². The van der Waals surface area contributed by atoms with Gasteiger partial charge in [0.1, 0.15) is 5.76 Å². The van der Waals surface area contributed by atoms with Crippen LogP contribution in [0.1, 0.15) is 46.3 Å². The number of aryl methyl sites for hydroxylation is 1. The first-order valence-corrected chi connectivity index (χ1v) is 8.06. The summed E-state index contributed by atoms with van der Waals surface area (Å²) in [5.41, 5.74) is 4.18. The minimum Gasteiger partial charge on any atom is -0.360 e. The van der Waals surface area contributed by atoms with Crippen molar-refractivity contribution in [1.29, 1.82) is 0 Å². The van der Waals surface area contributed by atoms with Crippen LogP contribution < -0.4 is 0 Å². The van der Waals surface area contributed by atoms with Gasteiger partial charge in [0, 0.05) is 25.1 Å². The lowest BCUT2D eigenvalue weighted by Gasteiger charge is -2.28. The smallest absolute Gasteiger partial charge is 0.276 e. The highest BCUT2D eigenvalue weighted by atomic mass is 16.5. The van der Waals surface area contributed by atoms with Crippen molar-refractivity contribution < 1.29 is 9.32 Å². The van der Waals surface area contributed by atoms with Crippen molar-refractivity contribution >= 4 is 5.91 Å². The minimum atomic E-state index is 0.0219. The van der Waals surface area contributed by atoms with Gasteiger partial charge in [-0.2, -0.15) is 0 Å². The summed E-state index contributed by atoms with van der Waals surface area (Å²) in [7, 11) is 0.